The van der Waals surface area contributed by atoms with Crippen molar-refractivity contribution in [2.45, 2.75) is 19.8 Å². The number of nitrogens with zero attached hydrogens (tertiary/aromatic N) is 1. The number of hydrogen-bond donors (Lipinski definition) is 1. The van der Waals surface area contributed by atoms with Gasteiger partial charge in [-0.05, 0) is 53.5 Å². The van der Waals surface area contributed by atoms with Crippen molar-refractivity contribution in [3.05, 3.63) is 70.3 Å². The molecule has 0 bridgehead atoms. The molecule has 1 saturated heterocycles. The first-order valence-corrected chi connectivity index (χ1v) is 8.92. The number of nitrogens with one attached hydrogen (secondary N) is 1. The Labute approximate surface area is 162 Å². The predicted octanol–water partition coefficient (Wildman–Crippen LogP) is 4.29. The molecule has 0 radical (unpaired) electrons. The van der Waals surface area contributed by atoms with Crippen LogP contribution in [0.15, 0.2) is 54.1 Å². The first kappa shape index (κ1) is 18.3. The van der Waals surface area contributed by atoms with E-state index >= 15 is 0 Å². The lowest BCUT2D eigenvalue weighted by Gasteiger charge is -2.29. The maximum absolute atomic E-state index is 12.9. The second kappa shape index (κ2) is 7.40. The van der Waals surface area contributed by atoms with Crippen LogP contribution in [0.2, 0.25) is 5.02 Å². The molecule has 132 valence electrons. The molecular weight excluding hydrogens is 368 g/mol. The largest absolute Gasteiger partial charge is 0.298 e. The summed E-state index contributed by atoms with van der Waals surface area (Å²) in [6.07, 6.45) is 1.57. The van der Waals surface area contributed by atoms with E-state index in [1.54, 1.807) is 30.3 Å². The summed E-state index contributed by atoms with van der Waals surface area (Å²) in [6.45, 7) is 4.21. The zero-order chi connectivity index (χ0) is 18.8. The summed E-state index contributed by atoms with van der Waals surface area (Å²) < 4.78 is 0. The first-order valence-electron chi connectivity index (χ1n) is 8.14. The molecule has 0 spiro atoms. The van der Waals surface area contributed by atoms with Crippen LogP contribution < -0.4 is 10.2 Å². The van der Waals surface area contributed by atoms with Crippen LogP contribution in [-0.4, -0.2) is 16.9 Å². The topological polar surface area (TPSA) is 49.4 Å². The van der Waals surface area contributed by atoms with Gasteiger partial charge in [-0.25, -0.2) is 0 Å². The molecule has 1 N–H and O–H groups in total. The second-order valence-corrected chi connectivity index (χ2v) is 7.08. The molecule has 0 saturated carbocycles. The first-order chi connectivity index (χ1) is 12.4. The molecule has 1 aliphatic heterocycles. The second-order valence-electron chi connectivity index (χ2n) is 6.26. The molecule has 1 fully saturated rings. The highest BCUT2D eigenvalue weighted by molar-refractivity contribution is 7.80. The van der Waals surface area contributed by atoms with Crippen molar-refractivity contribution in [1.29, 1.82) is 0 Å². The van der Waals surface area contributed by atoms with Gasteiger partial charge in [-0.2, -0.15) is 0 Å². The highest BCUT2D eigenvalue weighted by atomic mass is 35.5. The minimum Gasteiger partial charge on any atom is -0.298 e. The number of halogens is 1. The van der Waals surface area contributed by atoms with Crippen LogP contribution in [0.1, 0.15) is 30.9 Å². The molecule has 0 aliphatic carbocycles. The Kier molecular flexibility index (Phi) is 5.20. The van der Waals surface area contributed by atoms with E-state index in [9.17, 15) is 9.59 Å². The van der Waals surface area contributed by atoms with Crippen molar-refractivity contribution in [2.24, 2.45) is 0 Å². The van der Waals surface area contributed by atoms with Gasteiger partial charge in [-0.1, -0.05) is 55.8 Å². The fourth-order valence-corrected chi connectivity index (χ4v) is 3.12. The molecule has 2 amide bonds. The lowest BCUT2D eigenvalue weighted by atomic mass is 10.0. The van der Waals surface area contributed by atoms with E-state index in [4.69, 9.17) is 23.8 Å². The quantitative estimate of drug-likeness (QED) is 0.487. The zero-order valence-corrected chi connectivity index (χ0v) is 15.9. The minimum absolute atomic E-state index is 0.0240. The molecule has 26 heavy (non-hydrogen) atoms. The van der Waals surface area contributed by atoms with Gasteiger partial charge in [0.2, 0.25) is 0 Å². The molecule has 1 aliphatic rings. The summed E-state index contributed by atoms with van der Waals surface area (Å²) in [6, 6.07) is 14.5. The van der Waals surface area contributed by atoms with Crippen molar-refractivity contribution in [1.82, 2.24) is 5.32 Å². The van der Waals surface area contributed by atoms with Gasteiger partial charge in [-0.15, -0.1) is 0 Å². The average Bonchev–Trinajstić information content (AvgIpc) is 2.59. The summed E-state index contributed by atoms with van der Waals surface area (Å²) in [4.78, 5) is 26.5. The monoisotopic (exact) mass is 384 g/mol. The summed E-state index contributed by atoms with van der Waals surface area (Å²) >= 11 is 11.2. The summed E-state index contributed by atoms with van der Waals surface area (Å²) in [5.41, 5.74) is 2.49. The number of amides is 2. The number of hydrogen-bond acceptors (Lipinski definition) is 3. The fraction of sp³-hybridized carbons (Fsp3) is 0.150. The normalized spacial score (nSPS) is 16.4. The summed E-state index contributed by atoms with van der Waals surface area (Å²) in [5.74, 6) is -0.577. The highest BCUT2D eigenvalue weighted by Gasteiger charge is 2.34. The van der Waals surface area contributed by atoms with E-state index < -0.39 is 11.8 Å². The lowest BCUT2D eigenvalue weighted by molar-refractivity contribution is -0.122. The Morgan fingerprint density at radius 3 is 2.42 bits per heavy atom. The number of carbonyl (C=O) groups excluding carboxylic acids is 2. The van der Waals surface area contributed by atoms with Crippen molar-refractivity contribution >= 4 is 52.5 Å². The molecule has 2 aromatic carbocycles. The van der Waals surface area contributed by atoms with Crippen LogP contribution in [0.4, 0.5) is 5.69 Å². The Balaban J connectivity index is 1.97. The zero-order valence-electron chi connectivity index (χ0n) is 14.3. The summed E-state index contributed by atoms with van der Waals surface area (Å²) in [5, 5.41) is 3.08. The van der Waals surface area contributed by atoms with E-state index in [-0.39, 0.29) is 10.7 Å². The van der Waals surface area contributed by atoms with Gasteiger partial charge in [0.25, 0.3) is 11.8 Å². The highest BCUT2D eigenvalue weighted by Crippen LogP contribution is 2.25. The van der Waals surface area contributed by atoms with Crippen molar-refractivity contribution in [2.75, 3.05) is 4.90 Å². The molecule has 2 aromatic rings. The maximum Gasteiger partial charge on any atom is 0.270 e. The van der Waals surface area contributed by atoms with Crippen LogP contribution >= 0.6 is 23.8 Å². The Morgan fingerprint density at radius 1 is 1.12 bits per heavy atom. The third-order valence-corrected chi connectivity index (χ3v) is 4.60. The average molecular weight is 385 g/mol. The minimum atomic E-state index is -0.508. The molecule has 0 aromatic heterocycles. The van der Waals surface area contributed by atoms with E-state index in [1.807, 2.05) is 24.3 Å². The van der Waals surface area contributed by atoms with E-state index in [2.05, 4.69) is 19.2 Å². The molecular formula is C20H17ClN2O2S. The summed E-state index contributed by atoms with van der Waals surface area (Å²) in [7, 11) is 0. The van der Waals surface area contributed by atoms with Crippen LogP contribution in [0.25, 0.3) is 6.08 Å². The van der Waals surface area contributed by atoms with Crippen LogP contribution in [0, 0.1) is 0 Å². The van der Waals surface area contributed by atoms with Crippen LogP contribution in [0.5, 0.6) is 0 Å². The van der Waals surface area contributed by atoms with Gasteiger partial charge < -0.3 is 0 Å². The van der Waals surface area contributed by atoms with Crippen LogP contribution in [-0.2, 0) is 9.59 Å². The predicted molar refractivity (Wildman–Crippen MR) is 108 cm³/mol. The number of carbonyl (C=O) groups is 2. The lowest BCUT2D eigenvalue weighted by Crippen LogP contribution is -2.54. The Hall–Kier alpha value is -2.50. The molecule has 0 unspecified atom stereocenters. The molecule has 4 nitrogen and oxygen atoms in total. The van der Waals surface area contributed by atoms with Crippen LogP contribution in [0.3, 0.4) is 0 Å². The number of thiocarbonyl (C=S) groups is 1. The number of benzene rings is 2. The molecule has 1 heterocycles. The molecule has 0 atom stereocenters. The van der Waals surface area contributed by atoms with E-state index in [0.29, 0.717) is 16.6 Å². The van der Waals surface area contributed by atoms with Crippen molar-refractivity contribution < 1.29 is 9.59 Å². The standard InChI is InChI=1S/C20H17ClN2O2S/c1-12(2)14-8-6-13(7-9-14)10-17-18(24)22-20(26)23(19(17)25)16-5-3-4-15(21)11-16/h3-12H,1-2H3,(H,22,24,26)/b17-10-. The van der Waals surface area contributed by atoms with E-state index in [0.717, 1.165) is 5.56 Å². The smallest absolute Gasteiger partial charge is 0.270 e. The van der Waals surface area contributed by atoms with Crippen molar-refractivity contribution in [3.63, 3.8) is 0 Å². The number of anilines is 1. The third kappa shape index (κ3) is 3.69. The molecule has 6 heteroatoms. The van der Waals surface area contributed by atoms with Gasteiger partial charge in [0.1, 0.15) is 5.57 Å². The van der Waals surface area contributed by atoms with Crippen molar-refractivity contribution in [3.8, 4) is 0 Å². The third-order valence-electron chi connectivity index (χ3n) is 4.08. The fourth-order valence-electron chi connectivity index (χ4n) is 2.65. The maximum atomic E-state index is 12.9. The number of rotatable bonds is 3. The van der Waals surface area contributed by atoms with Gasteiger partial charge in [0.15, 0.2) is 5.11 Å². The van der Waals surface area contributed by atoms with Gasteiger partial charge >= 0.3 is 0 Å². The molecule has 3 rings (SSSR count). The van der Waals surface area contributed by atoms with Gasteiger partial charge in [0.05, 0.1) is 5.69 Å². The van der Waals surface area contributed by atoms with Gasteiger partial charge in [-0.3, -0.25) is 19.8 Å². The Morgan fingerprint density at radius 2 is 1.81 bits per heavy atom. The SMILES string of the molecule is CC(C)c1ccc(/C=C2/C(=O)NC(=S)N(c3cccc(Cl)c3)C2=O)cc1. The van der Waals surface area contributed by atoms with Gasteiger partial charge in [0, 0.05) is 5.02 Å². The van der Waals surface area contributed by atoms with E-state index in [1.165, 1.54) is 10.5 Å². The Bertz CT molecular complexity index is 920.